The van der Waals surface area contributed by atoms with Gasteiger partial charge in [0.1, 0.15) is 11.6 Å². The fourth-order valence-electron chi connectivity index (χ4n) is 2.47. The fraction of sp³-hybridized carbons (Fsp3) is 0.333. The minimum Gasteiger partial charge on any atom is -0.494 e. The third kappa shape index (κ3) is 3.61. The van der Waals surface area contributed by atoms with Crippen LogP contribution in [0.2, 0.25) is 0 Å². The molecule has 0 fully saturated rings. The highest BCUT2D eigenvalue weighted by Crippen LogP contribution is 2.31. The lowest BCUT2D eigenvalue weighted by Crippen LogP contribution is -2.29. The van der Waals surface area contributed by atoms with Gasteiger partial charge in [-0.1, -0.05) is 37.3 Å². The zero-order chi connectivity index (χ0) is 15.3. The Labute approximate surface area is 125 Å². The van der Waals surface area contributed by atoms with Gasteiger partial charge < -0.3 is 9.84 Å². The van der Waals surface area contributed by atoms with Crippen molar-refractivity contribution in [3.05, 3.63) is 65.5 Å². The van der Waals surface area contributed by atoms with E-state index in [4.69, 9.17) is 4.74 Å². The summed E-state index contributed by atoms with van der Waals surface area (Å²) in [5.41, 5.74) is 1.49. The van der Waals surface area contributed by atoms with Crippen molar-refractivity contribution >= 4 is 0 Å². The zero-order valence-electron chi connectivity index (χ0n) is 12.5. The Balaban J connectivity index is 2.32. The Hall–Kier alpha value is -1.87. The largest absolute Gasteiger partial charge is 0.494 e. The maximum absolute atomic E-state index is 13.1. The van der Waals surface area contributed by atoms with Gasteiger partial charge in [-0.15, -0.1) is 0 Å². The monoisotopic (exact) mass is 288 g/mol. The Morgan fingerprint density at radius 1 is 1.10 bits per heavy atom. The SMILES string of the molecule is CCOc1ccccc1CC(C)(CO)c1ccc(F)cc1. The summed E-state index contributed by atoms with van der Waals surface area (Å²) in [6.45, 7) is 4.51. The van der Waals surface area contributed by atoms with Crippen molar-refractivity contribution in [3.8, 4) is 5.75 Å². The number of benzene rings is 2. The van der Waals surface area contributed by atoms with Crippen LogP contribution in [-0.2, 0) is 11.8 Å². The fourth-order valence-corrected chi connectivity index (χ4v) is 2.47. The second-order valence-electron chi connectivity index (χ2n) is 5.44. The molecule has 2 rings (SSSR count). The highest BCUT2D eigenvalue weighted by atomic mass is 19.1. The van der Waals surface area contributed by atoms with Crippen LogP contribution >= 0.6 is 0 Å². The summed E-state index contributed by atoms with van der Waals surface area (Å²) >= 11 is 0. The Morgan fingerprint density at radius 3 is 2.38 bits per heavy atom. The average molecular weight is 288 g/mol. The van der Waals surface area contributed by atoms with Crippen LogP contribution in [0.3, 0.4) is 0 Å². The van der Waals surface area contributed by atoms with Gasteiger partial charge in [0.25, 0.3) is 0 Å². The van der Waals surface area contributed by atoms with Crippen molar-refractivity contribution in [2.24, 2.45) is 0 Å². The average Bonchev–Trinajstić information content (AvgIpc) is 2.50. The first-order valence-corrected chi connectivity index (χ1v) is 7.16. The quantitative estimate of drug-likeness (QED) is 0.878. The van der Waals surface area contributed by atoms with E-state index in [2.05, 4.69) is 0 Å². The number of hydrogen-bond donors (Lipinski definition) is 1. The minimum absolute atomic E-state index is 0.0148. The molecule has 0 amide bonds. The maximum Gasteiger partial charge on any atom is 0.123 e. The van der Waals surface area contributed by atoms with Crippen LogP contribution in [0.15, 0.2) is 48.5 Å². The maximum atomic E-state index is 13.1. The van der Waals surface area contributed by atoms with Crippen molar-refractivity contribution in [2.45, 2.75) is 25.7 Å². The van der Waals surface area contributed by atoms with Gasteiger partial charge in [-0.25, -0.2) is 4.39 Å². The number of rotatable bonds is 6. The lowest BCUT2D eigenvalue weighted by molar-refractivity contribution is 0.203. The smallest absolute Gasteiger partial charge is 0.123 e. The molecule has 0 aliphatic rings. The van der Waals surface area contributed by atoms with Gasteiger partial charge in [0.15, 0.2) is 0 Å². The number of aliphatic hydroxyl groups excluding tert-OH is 1. The zero-order valence-corrected chi connectivity index (χ0v) is 12.5. The van der Waals surface area contributed by atoms with Crippen molar-refractivity contribution in [2.75, 3.05) is 13.2 Å². The van der Waals surface area contributed by atoms with Gasteiger partial charge in [0, 0.05) is 5.41 Å². The number of para-hydroxylation sites is 1. The normalized spacial score (nSPS) is 13.7. The third-order valence-electron chi connectivity index (χ3n) is 3.74. The van der Waals surface area contributed by atoms with Crippen LogP contribution in [0, 0.1) is 5.82 Å². The molecule has 0 aliphatic heterocycles. The van der Waals surface area contributed by atoms with Crippen molar-refractivity contribution in [1.29, 1.82) is 0 Å². The molecule has 0 spiro atoms. The molecule has 1 atom stereocenters. The Kier molecular flexibility index (Phi) is 4.97. The predicted octanol–water partition coefficient (Wildman–Crippen LogP) is 3.72. The molecule has 0 aliphatic carbocycles. The second kappa shape index (κ2) is 6.72. The first-order chi connectivity index (χ1) is 10.1. The van der Waals surface area contributed by atoms with Crippen LogP contribution in [0.5, 0.6) is 5.75 Å². The highest BCUT2D eigenvalue weighted by Gasteiger charge is 2.27. The summed E-state index contributed by atoms with van der Waals surface area (Å²) in [6.07, 6.45) is 0.630. The van der Waals surface area contributed by atoms with Gasteiger partial charge in [-0.2, -0.15) is 0 Å². The highest BCUT2D eigenvalue weighted by molar-refractivity contribution is 5.37. The molecule has 112 valence electrons. The molecular weight excluding hydrogens is 267 g/mol. The molecule has 0 aromatic heterocycles. The molecule has 0 saturated carbocycles. The van der Waals surface area contributed by atoms with Crippen LogP contribution in [0.25, 0.3) is 0 Å². The molecule has 2 aromatic rings. The molecule has 1 unspecified atom stereocenters. The van der Waals surface area contributed by atoms with Gasteiger partial charge >= 0.3 is 0 Å². The first kappa shape index (κ1) is 15.5. The predicted molar refractivity (Wildman–Crippen MR) is 82.2 cm³/mol. The van der Waals surface area contributed by atoms with Crippen molar-refractivity contribution in [1.82, 2.24) is 0 Å². The van der Waals surface area contributed by atoms with Crippen molar-refractivity contribution < 1.29 is 14.2 Å². The van der Waals surface area contributed by atoms with E-state index in [1.54, 1.807) is 12.1 Å². The van der Waals surface area contributed by atoms with Crippen LogP contribution < -0.4 is 4.74 Å². The summed E-state index contributed by atoms with van der Waals surface area (Å²) in [6, 6.07) is 14.1. The van der Waals surface area contributed by atoms with E-state index in [9.17, 15) is 9.50 Å². The Morgan fingerprint density at radius 2 is 1.76 bits per heavy atom. The van der Waals surface area contributed by atoms with Gasteiger partial charge in [0.2, 0.25) is 0 Å². The molecule has 3 heteroatoms. The number of aliphatic hydroxyl groups is 1. The minimum atomic E-state index is -0.471. The summed E-state index contributed by atoms with van der Waals surface area (Å²) in [5.74, 6) is 0.565. The van der Waals surface area contributed by atoms with E-state index < -0.39 is 5.41 Å². The van der Waals surface area contributed by atoms with E-state index in [0.717, 1.165) is 16.9 Å². The van der Waals surface area contributed by atoms with Gasteiger partial charge in [0.05, 0.1) is 13.2 Å². The first-order valence-electron chi connectivity index (χ1n) is 7.16. The lowest BCUT2D eigenvalue weighted by atomic mass is 9.78. The molecule has 2 nitrogen and oxygen atoms in total. The third-order valence-corrected chi connectivity index (χ3v) is 3.74. The van der Waals surface area contributed by atoms with Gasteiger partial charge in [-0.05, 0) is 42.7 Å². The molecule has 2 aromatic carbocycles. The van der Waals surface area contributed by atoms with E-state index in [1.165, 1.54) is 12.1 Å². The van der Waals surface area contributed by atoms with E-state index >= 15 is 0 Å². The topological polar surface area (TPSA) is 29.5 Å². The number of halogens is 1. The van der Waals surface area contributed by atoms with Crippen LogP contribution in [0.4, 0.5) is 4.39 Å². The Bertz CT molecular complexity index is 580. The standard InChI is InChI=1S/C18H21FO2/c1-3-21-17-7-5-4-6-14(17)12-18(2,13-20)15-8-10-16(19)11-9-15/h4-11,20H,3,12-13H2,1-2H3. The summed E-state index contributed by atoms with van der Waals surface area (Å²) in [5, 5.41) is 9.86. The second-order valence-corrected chi connectivity index (χ2v) is 5.44. The molecule has 0 radical (unpaired) electrons. The molecule has 0 saturated heterocycles. The lowest BCUT2D eigenvalue weighted by Gasteiger charge is -2.29. The van der Waals surface area contributed by atoms with Crippen molar-refractivity contribution in [3.63, 3.8) is 0 Å². The van der Waals surface area contributed by atoms with Crippen LogP contribution in [-0.4, -0.2) is 18.3 Å². The van der Waals surface area contributed by atoms with E-state index in [1.807, 2.05) is 38.1 Å². The van der Waals surface area contributed by atoms with E-state index in [0.29, 0.717) is 13.0 Å². The van der Waals surface area contributed by atoms with Crippen LogP contribution in [0.1, 0.15) is 25.0 Å². The molecule has 1 N–H and O–H groups in total. The molecule has 0 heterocycles. The summed E-state index contributed by atoms with van der Waals surface area (Å²) in [4.78, 5) is 0. The summed E-state index contributed by atoms with van der Waals surface area (Å²) < 4.78 is 18.7. The number of hydrogen-bond acceptors (Lipinski definition) is 2. The number of ether oxygens (including phenoxy) is 1. The summed E-state index contributed by atoms with van der Waals surface area (Å²) in [7, 11) is 0. The van der Waals surface area contributed by atoms with Gasteiger partial charge in [-0.3, -0.25) is 0 Å². The molecular formula is C18H21FO2. The molecule has 0 bridgehead atoms. The van der Waals surface area contributed by atoms with E-state index in [-0.39, 0.29) is 12.4 Å². The molecule has 21 heavy (non-hydrogen) atoms.